The predicted molar refractivity (Wildman–Crippen MR) is 113 cm³/mol. The maximum atomic E-state index is 13.2. The van der Waals surface area contributed by atoms with Crippen LogP contribution in [0.4, 0.5) is 26.4 Å². The van der Waals surface area contributed by atoms with Gasteiger partial charge in [-0.1, -0.05) is 0 Å². The first-order valence-electron chi connectivity index (χ1n) is 9.88. The molecular weight excluding hydrogens is 383 g/mol. The molecule has 0 radical (unpaired) electrons. The van der Waals surface area contributed by atoms with Gasteiger partial charge in [-0.15, -0.1) is 0 Å². The van der Waals surface area contributed by atoms with Crippen molar-refractivity contribution >= 4 is 23.2 Å². The van der Waals surface area contributed by atoms with Crippen molar-refractivity contribution < 1.29 is 9.18 Å². The molecule has 3 N–H and O–H groups in total. The van der Waals surface area contributed by atoms with Crippen molar-refractivity contribution in [3.8, 4) is 11.3 Å². The Labute approximate surface area is 173 Å². The highest BCUT2D eigenvalue weighted by Gasteiger charge is 2.27. The van der Waals surface area contributed by atoms with E-state index in [-0.39, 0.29) is 17.7 Å². The van der Waals surface area contributed by atoms with Crippen LogP contribution in [-0.4, -0.2) is 34.0 Å². The van der Waals surface area contributed by atoms with E-state index in [1.54, 1.807) is 29.2 Å². The maximum absolute atomic E-state index is 13.2. The highest BCUT2D eigenvalue weighted by molar-refractivity contribution is 5.92. The fourth-order valence-electron chi connectivity index (χ4n) is 3.67. The van der Waals surface area contributed by atoms with Crippen LogP contribution >= 0.6 is 0 Å². The Balaban J connectivity index is 1.31. The first-order chi connectivity index (χ1) is 14.6. The number of anilines is 3. The minimum atomic E-state index is -0.317. The molecule has 0 spiro atoms. The van der Waals surface area contributed by atoms with Gasteiger partial charge in [0.25, 0.3) is 0 Å². The molecule has 2 aromatic heterocycles. The molecule has 0 aliphatic carbocycles. The molecule has 5 rings (SSSR count). The first-order valence-corrected chi connectivity index (χ1v) is 9.88. The van der Waals surface area contributed by atoms with Crippen LogP contribution in [0.25, 0.3) is 11.3 Å². The van der Waals surface area contributed by atoms with Gasteiger partial charge in [0.15, 0.2) is 5.82 Å². The molecule has 0 atom stereocenters. The average Bonchev–Trinajstić information content (AvgIpc) is 3.13. The molecule has 1 fully saturated rings. The van der Waals surface area contributed by atoms with Crippen molar-refractivity contribution in [3.05, 3.63) is 65.7 Å². The van der Waals surface area contributed by atoms with Crippen LogP contribution in [0, 0.1) is 5.82 Å². The summed E-state index contributed by atoms with van der Waals surface area (Å²) in [4.78, 5) is 25.8. The van der Waals surface area contributed by atoms with E-state index in [1.807, 2.05) is 6.20 Å². The summed E-state index contributed by atoms with van der Waals surface area (Å²) in [6.45, 7) is 3.05. The first kappa shape index (κ1) is 18.4. The third-order valence-corrected chi connectivity index (χ3v) is 5.55. The number of benzene rings is 1. The van der Waals surface area contributed by atoms with Crippen LogP contribution in [-0.2, 0) is 13.1 Å². The second-order valence-electron chi connectivity index (χ2n) is 7.57. The van der Waals surface area contributed by atoms with Crippen molar-refractivity contribution in [2.75, 3.05) is 29.0 Å². The number of carbonyl (C=O) groups is 1. The van der Waals surface area contributed by atoms with E-state index < -0.39 is 0 Å². The SMILES string of the molecule is Nc1ccc(-c2ccc(F)cc2)nc1NC(=O)N1Cc2cc(N3CCC3)cnc2C1. The number of urea groups is 1. The fraction of sp³-hybridized carbons (Fsp3) is 0.227. The molecule has 8 heteroatoms. The van der Waals surface area contributed by atoms with E-state index in [1.165, 1.54) is 18.6 Å². The number of nitrogens with one attached hydrogen (secondary N) is 1. The zero-order valence-corrected chi connectivity index (χ0v) is 16.3. The Hall–Kier alpha value is -3.68. The topological polar surface area (TPSA) is 87.4 Å². The normalized spacial score (nSPS) is 15.0. The molecule has 1 saturated heterocycles. The lowest BCUT2D eigenvalue weighted by Gasteiger charge is -2.33. The summed E-state index contributed by atoms with van der Waals surface area (Å²) in [5.41, 5.74) is 10.8. The van der Waals surface area contributed by atoms with Crippen LogP contribution in [0.5, 0.6) is 0 Å². The average molecular weight is 404 g/mol. The van der Waals surface area contributed by atoms with E-state index in [2.05, 4.69) is 26.3 Å². The largest absolute Gasteiger partial charge is 0.396 e. The molecule has 2 aliphatic heterocycles. The monoisotopic (exact) mass is 404 g/mol. The number of nitrogens with two attached hydrogens (primary N) is 1. The summed E-state index contributed by atoms with van der Waals surface area (Å²) in [5.74, 6) is -0.0331. The highest BCUT2D eigenvalue weighted by Crippen LogP contribution is 2.29. The van der Waals surface area contributed by atoms with Crippen LogP contribution in [0.1, 0.15) is 17.7 Å². The molecule has 0 saturated carbocycles. The maximum Gasteiger partial charge on any atom is 0.323 e. The Morgan fingerprint density at radius 3 is 2.63 bits per heavy atom. The number of nitrogen functional groups attached to an aromatic ring is 1. The number of aromatic nitrogens is 2. The molecule has 30 heavy (non-hydrogen) atoms. The highest BCUT2D eigenvalue weighted by atomic mass is 19.1. The number of pyridine rings is 2. The quantitative estimate of drug-likeness (QED) is 0.696. The Kier molecular flexibility index (Phi) is 4.46. The summed E-state index contributed by atoms with van der Waals surface area (Å²) < 4.78 is 13.2. The molecule has 4 heterocycles. The second-order valence-corrected chi connectivity index (χ2v) is 7.57. The summed E-state index contributed by atoms with van der Waals surface area (Å²) >= 11 is 0. The van der Waals surface area contributed by atoms with E-state index in [0.29, 0.717) is 24.5 Å². The molecule has 7 nitrogen and oxygen atoms in total. The third kappa shape index (κ3) is 3.41. The van der Waals surface area contributed by atoms with Crippen LogP contribution in [0.3, 0.4) is 0 Å². The van der Waals surface area contributed by atoms with Gasteiger partial charge in [-0.25, -0.2) is 14.2 Å². The van der Waals surface area contributed by atoms with Gasteiger partial charge in [0.1, 0.15) is 5.82 Å². The van der Waals surface area contributed by atoms with E-state index in [9.17, 15) is 9.18 Å². The second kappa shape index (κ2) is 7.29. The minimum Gasteiger partial charge on any atom is -0.396 e. The summed E-state index contributed by atoms with van der Waals surface area (Å²) in [6, 6.07) is 11.3. The summed E-state index contributed by atoms with van der Waals surface area (Å²) in [7, 11) is 0. The van der Waals surface area contributed by atoms with E-state index >= 15 is 0 Å². The van der Waals surface area contributed by atoms with Crippen molar-refractivity contribution in [2.45, 2.75) is 19.5 Å². The Morgan fingerprint density at radius 1 is 1.10 bits per heavy atom. The predicted octanol–water partition coefficient (Wildman–Crippen LogP) is 3.62. The number of fused-ring (bicyclic) bond motifs is 1. The summed E-state index contributed by atoms with van der Waals surface area (Å²) in [5, 5.41) is 2.81. The van der Waals surface area contributed by atoms with Crippen LogP contribution < -0.4 is 16.0 Å². The molecule has 1 aromatic carbocycles. The van der Waals surface area contributed by atoms with Crippen molar-refractivity contribution in [1.82, 2.24) is 14.9 Å². The van der Waals surface area contributed by atoms with Gasteiger partial charge >= 0.3 is 6.03 Å². The molecule has 0 unspecified atom stereocenters. The van der Waals surface area contributed by atoms with Crippen LogP contribution in [0.15, 0.2) is 48.7 Å². The lowest BCUT2D eigenvalue weighted by atomic mass is 10.1. The molecule has 0 bridgehead atoms. The fourth-order valence-corrected chi connectivity index (χ4v) is 3.67. The van der Waals surface area contributed by atoms with Crippen molar-refractivity contribution in [1.29, 1.82) is 0 Å². The van der Waals surface area contributed by atoms with Crippen LogP contribution in [0.2, 0.25) is 0 Å². The van der Waals surface area contributed by atoms with Gasteiger partial charge < -0.3 is 15.5 Å². The van der Waals surface area contributed by atoms with Crippen molar-refractivity contribution in [3.63, 3.8) is 0 Å². The summed E-state index contributed by atoms with van der Waals surface area (Å²) in [6.07, 6.45) is 3.09. The third-order valence-electron chi connectivity index (χ3n) is 5.55. The number of amides is 2. The zero-order valence-electron chi connectivity index (χ0n) is 16.3. The Morgan fingerprint density at radius 2 is 1.90 bits per heavy atom. The van der Waals surface area contributed by atoms with Gasteiger partial charge in [-0.3, -0.25) is 10.3 Å². The van der Waals surface area contributed by atoms with Gasteiger partial charge in [0.2, 0.25) is 0 Å². The van der Waals surface area contributed by atoms with E-state index in [4.69, 9.17) is 5.73 Å². The molecular formula is C22H21FN6O. The number of rotatable bonds is 3. The molecule has 2 aliphatic rings. The van der Waals surface area contributed by atoms with Gasteiger partial charge in [0.05, 0.1) is 35.5 Å². The molecule has 2 amide bonds. The number of nitrogens with zero attached hydrogens (tertiary/aromatic N) is 4. The minimum absolute atomic E-state index is 0.283. The lowest BCUT2D eigenvalue weighted by Crippen LogP contribution is -2.37. The smallest absolute Gasteiger partial charge is 0.323 e. The Bertz CT molecular complexity index is 1110. The number of halogens is 1. The van der Waals surface area contributed by atoms with Gasteiger partial charge in [0, 0.05) is 25.2 Å². The van der Waals surface area contributed by atoms with Gasteiger partial charge in [-0.05, 0) is 54.4 Å². The molecule has 152 valence electrons. The zero-order chi connectivity index (χ0) is 20.7. The lowest BCUT2D eigenvalue weighted by molar-refractivity contribution is 0.212. The van der Waals surface area contributed by atoms with Crippen molar-refractivity contribution in [2.24, 2.45) is 0 Å². The number of carbonyl (C=O) groups excluding carboxylic acids is 1. The number of hydrogen-bond acceptors (Lipinski definition) is 5. The standard InChI is InChI=1S/C22H21FN6O/c23-16-4-2-14(3-5-16)19-7-6-18(24)21(26-19)27-22(30)29-12-15-10-17(28-8-1-9-28)11-25-20(15)13-29/h2-7,10-11H,1,8-9,12-13,24H2,(H,26,27,30). The van der Waals surface area contributed by atoms with Gasteiger partial charge in [-0.2, -0.15) is 0 Å². The van der Waals surface area contributed by atoms with E-state index in [0.717, 1.165) is 35.6 Å². The number of hydrogen-bond donors (Lipinski definition) is 2. The molecule has 3 aromatic rings.